The minimum atomic E-state index is 0.0249. The molecular formula is C14H18N2O2. The Morgan fingerprint density at radius 2 is 2.50 bits per heavy atom. The standard InChI is InChI=1S/C14H18N2O2/c1-11(17)16-13-6-8-18-14(9-13)5-4-12-3-2-7-15-10-12/h2-5,7,10,13-14H,6,8-9H2,1H3,(H,16,17). The second-order valence-electron chi connectivity index (χ2n) is 4.48. The summed E-state index contributed by atoms with van der Waals surface area (Å²) in [6.45, 7) is 2.24. The number of carbonyl (C=O) groups excluding carboxylic acids is 1. The quantitative estimate of drug-likeness (QED) is 0.884. The predicted molar refractivity (Wildman–Crippen MR) is 69.8 cm³/mol. The number of ether oxygens (including phenoxy) is 1. The highest BCUT2D eigenvalue weighted by atomic mass is 16.5. The third-order valence-corrected chi connectivity index (χ3v) is 2.91. The Morgan fingerprint density at radius 3 is 3.22 bits per heavy atom. The van der Waals surface area contributed by atoms with Gasteiger partial charge in [-0.15, -0.1) is 0 Å². The number of hydrogen-bond donors (Lipinski definition) is 1. The fraction of sp³-hybridized carbons (Fsp3) is 0.429. The number of nitrogens with zero attached hydrogens (tertiary/aromatic N) is 1. The Balaban J connectivity index is 1.89. The van der Waals surface area contributed by atoms with Gasteiger partial charge in [0.15, 0.2) is 0 Å². The first-order valence-corrected chi connectivity index (χ1v) is 6.21. The maximum absolute atomic E-state index is 11.0. The van der Waals surface area contributed by atoms with Gasteiger partial charge in [-0.25, -0.2) is 0 Å². The van der Waals surface area contributed by atoms with E-state index in [1.807, 2.05) is 30.5 Å². The number of nitrogens with one attached hydrogen (secondary N) is 1. The molecule has 1 saturated heterocycles. The summed E-state index contributed by atoms with van der Waals surface area (Å²) in [5.74, 6) is 0.0249. The molecule has 1 amide bonds. The van der Waals surface area contributed by atoms with Crippen LogP contribution in [0.3, 0.4) is 0 Å². The van der Waals surface area contributed by atoms with Crippen molar-refractivity contribution in [3.63, 3.8) is 0 Å². The molecule has 96 valence electrons. The van der Waals surface area contributed by atoms with Crippen LogP contribution in [0.2, 0.25) is 0 Å². The van der Waals surface area contributed by atoms with E-state index in [4.69, 9.17) is 4.74 Å². The van der Waals surface area contributed by atoms with E-state index in [9.17, 15) is 4.79 Å². The van der Waals surface area contributed by atoms with Gasteiger partial charge in [0.1, 0.15) is 0 Å². The van der Waals surface area contributed by atoms with Crippen LogP contribution in [0.25, 0.3) is 6.08 Å². The smallest absolute Gasteiger partial charge is 0.217 e. The molecule has 1 fully saturated rings. The first-order valence-electron chi connectivity index (χ1n) is 6.21. The maximum atomic E-state index is 11.0. The minimum Gasteiger partial charge on any atom is -0.374 e. The zero-order valence-electron chi connectivity index (χ0n) is 10.5. The van der Waals surface area contributed by atoms with Gasteiger partial charge in [-0.3, -0.25) is 9.78 Å². The highest BCUT2D eigenvalue weighted by Gasteiger charge is 2.20. The molecule has 1 N–H and O–H groups in total. The largest absolute Gasteiger partial charge is 0.374 e. The molecule has 1 aromatic rings. The van der Waals surface area contributed by atoms with Gasteiger partial charge in [-0.2, -0.15) is 0 Å². The number of rotatable bonds is 3. The first kappa shape index (κ1) is 12.8. The fourth-order valence-electron chi connectivity index (χ4n) is 2.07. The van der Waals surface area contributed by atoms with Crippen LogP contribution >= 0.6 is 0 Å². The van der Waals surface area contributed by atoms with Crippen molar-refractivity contribution in [3.05, 3.63) is 36.2 Å². The SMILES string of the molecule is CC(=O)NC1CCOC(C=Cc2cccnc2)C1. The molecule has 18 heavy (non-hydrogen) atoms. The van der Waals surface area contributed by atoms with Crippen molar-refractivity contribution >= 4 is 12.0 Å². The summed E-state index contributed by atoms with van der Waals surface area (Å²) in [5.41, 5.74) is 1.06. The Morgan fingerprint density at radius 1 is 1.61 bits per heavy atom. The molecule has 2 unspecified atom stereocenters. The zero-order valence-corrected chi connectivity index (χ0v) is 10.5. The number of hydrogen-bond acceptors (Lipinski definition) is 3. The molecule has 0 saturated carbocycles. The Hall–Kier alpha value is -1.68. The lowest BCUT2D eigenvalue weighted by Crippen LogP contribution is -2.40. The second-order valence-corrected chi connectivity index (χ2v) is 4.48. The lowest BCUT2D eigenvalue weighted by Gasteiger charge is -2.28. The molecule has 0 spiro atoms. The summed E-state index contributed by atoms with van der Waals surface area (Å²) in [7, 11) is 0. The third kappa shape index (κ3) is 3.96. The molecule has 1 aliphatic heterocycles. The minimum absolute atomic E-state index is 0.0249. The molecule has 1 aromatic heterocycles. The molecule has 0 bridgehead atoms. The number of pyridine rings is 1. The van der Waals surface area contributed by atoms with E-state index in [-0.39, 0.29) is 18.1 Å². The van der Waals surface area contributed by atoms with E-state index in [0.29, 0.717) is 6.61 Å². The number of aromatic nitrogens is 1. The van der Waals surface area contributed by atoms with Gasteiger partial charge < -0.3 is 10.1 Å². The first-order chi connectivity index (χ1) is 8.74. The third-order valence-electron chi connectivity index (χ3n) is 2.91. The van der Waals surface area contributed by atoms with E-state index >= 15 is 0 Å². The number of carbonyl (C=O) groups is 1. The molecular weight excluding hydrogens is 228 g/mol. The maximum Gasteiger partial charge on any atom is 0.217 e. The van der Waals surface area contributed by atoms with Crippen LogP contribution in [0.15, 0.2) is 30.6 Å². The molecule has 4 heteroatoms. The summed E-state index contributed by atoms with van der Waals surface area (Å²) in [6, 6.07) is 4.12. The van der Waals surface area contributed by atoms with Crippen LogP contribution < -0.4 is 5.32 Å². The van der Waals surface area contributed by atoms with E-state index in [1.165, 1.54) is 0 Å². The highest BCUT2D eigenvalue weighted by molar-refractivity contribution is 5.73. The van der Waals surface area contributed by atoms with Gasteiger partial charge in [0.25, 0.3) is 0 Å². The Bertz CT molecular complexity index is 417. The Kier molecular flexibility index (Phi) is 4.47. The van der Waals surface area contributed by atoms with Crippen molar-refractivity contribution in [1.82, 2.24) is 10.3 Å². The van der Waals surface area contributed by atoms with Crippen LogP contribution in [0, 0.1) is 0 Å². The molecule has 0 aliphatic carbocycles. The van der Waals surface area contributed by atoms with Crippen molar-refractivity contribution in [1.29, 1.82) is 0 Å². The zero-order chi connectivity index (χ0) is 12.8. The Labute approximate surface area is 107 Å². The molecule has 1 aliphatic rings. The summed E-state index contributed by atoms with van der Waals surface area (Å²) < 4.78 is 5.65. The van der Waals surface area contributed by atoms with E-state index in [0.717, 1.165) is 18.4 Å². The topological polar surface area (TPSA) is 51.2 Å². The van der Waals surface area contributed by atoms with Crippen LogP contribution in [0.4, 0.5) is 0 Å². The highest BCUT2D eigenvalue weighted by Crippen LogP contribution is 2.16. The average Bonchev–Trinajstić information content (AvgIpc) is 2.37. The van der Waals surface area contributed by atoms with Gasteiger partial charge in [0.2, 0.25) is 5.91 Å². The average molecular weight is 246 g/mol. The van der Waals surface area contributed by atoms with Gasteiger partial charge in [-0.05, 0) is 24.5 Å². The monoisotopic (exact) mass is 246 g/mol. The second kappa shape index (κ2) is 6.31. The van der Waals surface area contributed by atoms with Crippen LogP contribution in [-0.4, -0.2) is 29.6 Å². The van der Waals surface area contributed by atoms with Crippen LogP contribution in [-0.2, 0) is 9.53 Å². The van der Waals surface area contributed by atoms with Crippen LogP contribution in [0.1, 0.15) is 25.3 Å². The lowest BCUT2D eigenvalue weighted by molar-refractivity contribution is -0.120. The summed E-state index contributed by atoms with van der Waals surface area (Å²) >= 11 is 0. The van der Waals surface area contributed by atoms with Gasteiger partial charge in [-0.1, -0.05) is 18.2 Å². The number of amides is 1. The van der Waals surface area contributed by atoms with Crippen molar-refractivity contribution in [2.24, 2.45) is 0 Å². The molecule has 2 rings (SSSR count). The van der Waals surface area contributed by atoms with Crippen molar-refractivity contribution in [3.8, 4) is 0 Å². The van der Waals surface area contributed by atoms with Gasteiger partial charge in [0.05, 0.1) is 6.10 Å². The summed E-state index contributed by atoms with van der Waals surface area (Å²) in [5, 5.41) is 2.94. The molecule has 2 heterocycles. The van der Waals surface area contributed by atoms with E-state index < -0.39 is 0 Å². The predicted octanol–water partition coefficient (Wildman–Crippen LogP) is 1.78. The van der Waals surface area contributed by atoms with Crippen LogP contribution in [0.5, 0.6) is 0 Å². The van der Waals surface area contributed by atoms with E-state index in [1.54, 1.807) is 13.1 Å². The van der Waals surface area contributed by atoms with Crippen molar-refractivity contribution < 1.29 is 9.53 Å². The normalized spacial score (nSPS) is 24.1. The van der Waals surface area contributed by atoms with E-state index in [2.05, 4.69) is 10.3 Å². The summed E-state index contributed by atoms with van der Waals surface area (Å²) in [6.07, 6.45) is 9.38. The molecule has 0 aromatic carbocycles. The van der Waals surface area contributed by atoms with Crippen molar-refractivity contribution in [2.45, 2.75) is 31.9 Å². The summed E-state index contributed by atoms with van der Waals surface area (Å²) in [4.78, 5) is 15.1. The molecule has 2 atom stereocenters. The molecule has 4 nitrogen and oxygen atoms in total. The fourth-order valence-corrected chi connectivity index (χ4v) is 2.07. The molecule has 0 radical (unpaired) electrons. The van der Waals surface area contributed by atoms with Gasteiger partial charge >= 0.3 is 0 Å². The van der Waals surface area contributed by atoms with Crippen molar-refractivity contribution in [2.75, 3.05) is 6.61 Å². The lowest BCUT2D eigenvalue weighted by atomic mass is 10.0. The van der Waals surface area contributed by atoms with Gasteiger partial charge in [0, 0.05) is 32.0 Å².